The summed E-state index contributed by atoms with van der Waals surface area (Å²) in [5.41, 5.74) is 5.51. The second-order valence-electron chi connectivity index (χ2n) is 4.62. The summed E-state index contributed by atoms with van der Waals surface area (Å²) in [7, 11) is 0. The lowest BCUT2D eigenvalue weighted by Gasteiger charge is -2.32. The van der Waals surface area contributed by atoms with E-state index in [4.69, 9.17) is 5.73 Å². The highest BCUT2D eigenvalue weighted by atomic mass is 19.3. The number of nitrogens with two attached hydrogens (primary N) is 1. The summed E-state index contributed by atoms with van der Waals surface area (Å²) in [5.74, 6) is -3.75. The third-order valence-electron chi connectivity index (χ3n) is 2.49. The van der Waals surface area contributed by atoms with Crippen LogP contribution in [0.25, 0.3) is 0 Å². The molecule has 3 N–H and O–H groups in total. The van der Waals surface area contributed by atoms with Crippen molar-refractivity contribution < 1.29 is 13.6 Å². The van der Waals surface area contributed by atoms with Gasteiger partial charge in [0.05, 0.1) is 0 Å². The third kappa shape index (κ3) is 3.74. The van der Waals surface area contributed by atoms with Crippen molar-refractivity contribution in [3.63, 3.8) is 0 Å². The SMILES string of the molecule is CC(C)NC(=O)C1CC(N)CC(F)(F)C1. The molecule has 0 radical (unpaired) electrons. The molecule has 1 saturated carbocycles. The van der Waals surface area contributed by atoms with Gasteiger partial charge in [0.1, 0.15) is 0 Å². The quantitative estimate of drug-likeness (QED) is 0.736. The van der Waals surface area contributed by atoms with Crippen LogP contribution in [-0.2, 0) is 4.79 Å². The van der Waals surface area contributed by atoms with Crippen molar-refractivity contribution in [3.05, 3.63) is 0 Å². The number of hydrogen-bond donors (Lipinski definition) is 2. The molecule has 0 saturated heterocycles. The van der Waals surface area contributed by atoms with Crippen LogP contribution >= 0.6 is 0 Å². The topological polar surface area (TPSA) is 55.1 Å². The highest BCUT2D eigenvalue weighted by molar-refractivity contribution is 5.79. The predicted octanol–water partition coefficient (Wildman–Crippen LogP) is 1.27. The minimum atomic E-state index is -2.79. The Hall–Kier alpha value is -0.710. The third-order valence-corrected chi connectivity index (χ3v) is 2.49. The smallest absolute Gasteiger partial charge is 0.250 e. The van der Waals surface area contributed by atoms with E-state index in [0.29, 0.717) is 6.42 Å². The average Bonchev–Trinajstić information content (AvgIpc) is 1.98. The number of halogens is 2. The maximum absolute atomic E-state index is 13.1. The van der Waals surface area contributed by atoms with Gasteiger partial charge in [0, 0.05) is 30.8 Å². The molecule has 0 aliphatic heterocycles. The number of hydrogen-bond acceptors (Lipinski definition) is 2. The first-order chi connectivity index (χ1) is 6.80. The maximum atomic E-state index is 13.1. The Labute approximate surface area is 88.4 Å². The van der Waals surface area contributed by atoms with Crippen LogP contribution in [0.1, 0.15) is 33.1 Å². The van der Waals surface area contributed by atoms with Gasteiger partial charge in [0.2, 0.25) is 11.8 Å². The van der Waals surface area contributed by atoms with Crippen molar-refractivity contribution in [1.82, 2.24) is 5.32 Å². The number of carbonyl (C=O) groups excluding carboxylic acids is 1. The normalized spacial score (nSPS) is 30.3. The van der Waals surface area contributed by atoms with Crippen molar-refractivity contribution in [2.45, 2.75) is 51.1 Å². The zero-order valence-electron chi connectivity index (χ0n) is 9.09. The second kappa shape index (κ2) is 4.43. The van der Waals surface area contributed by atoms with E-state index in [1.165, 1.54) is 0 Å². The molecule has 0 aromatic rings. The van der Waals surface area contributed by atoms with E-state index < -0.39 is 17.9 Å². The molecule has 1 fully saturated rings. The van der Waals surface area contributed by atoms with E-state index in [9.17, 15) is 13.6 Å². The van der Waals surface area contributed by atoms with Crippen molar-refractivity contribution in [2.24, 2.45) is 11.7 Å². The van der Waals surface area contributed by atoms with E-state index in [2.05, 4.69) is 5.32 Å². The van der Waals surface area contributed by atoms with Gasteiger partial charge in [-0.3, -0.25) is 4.79 Å². The number of nitrogens with one attached hydrogen (secondary N) is 1. The molecule has 1 amide bonds. The molecule has 1 aliphatic carbocycles. The van der Waals surface area contributed by atoms with E-state index >= 15 is 0 Å². The van der Waals surface area contributed by atoms with Crippen LogP contribution in [0.2, 0.25) is 0 Å². The lowest BCUT2D eigenvalue weighted by Crippen LogP contribution is -2.46. The highest BCUT2D eigenvalue weighted by Crippen LogP contribution is 2.36. The standard InChI is InChI=1S/C10H18F2N2O/c1-6(2)14-9(15)7-3-8(13)5-10(11,12)4-7/h6-8H,3-5,13H2,1-2H3,(H,14,15). The Kier molecular flexibility index (Phi) is 3.65. The maximum Gasteiger partial charge on any atom is 0.250 e. The summed E-state index contributed by atoms with van der Waals surface area (Å²) in [6.45, 7) is 3.61. The van der Waals surface area contributed by atoms with Crippen LogP contribution in [0.3, 0.4) is 0 Å². The fraction of sp³-hybridized carbons (Fsp3) is 0.900. The van der Waals surface area contributed by atoms with Gasteiger partial charge in [-0.25, -0.2) is 8.78 Å². The van der Waals surface area contributed by atoms with Gasteiger partial charge in [-0.05, 0) is 20.3 Å². The summed E-state index contributed by atoms with van der Waals surface area (Å²) < 4.78 is 26.3. The first-order valence-corrected chi connectivity index (χ1v) is 5.24. The number of amides is 1. The molecule has 1 aliphatic rings. The molecular formula is C10H18F2N2O. The largest absolute Gasteiger partial charge is 0.354 e. The fourth-order valence-electron chi connectivity index (χ4n) is 1.96. The van der Waals surface area contributed by atoms with Crippen LogP contribution in [0.4, 0.5) is 8.78 Å². The van der Waals surface area contributed by atoms with Gasteiger partial charge in [0.25, 0.3) is 0 Å². The molecule has 3 nitrogen and oxygen atoms in total. The van der Waals surface area contributed by atoms with Crippen LogP contribution in [0.5, 0.6) is 0 Å². The summed E-state index contributed by atoms with van der Waals surface area (Å²) in [5, 5.41) is 2.64. The summed E-state index contributed by atoms with van der Waals surface area (Å²) in [4.78, 5) is 11.5. The van der Waals surface area contributed by atoms with Gasteiger partial charge in [-0.15, -0.1) is 0 Å². The summed E-state index contributed by atoms with van der Waals surface area (Å²) >= 11 is 0. The van der Waals surface area contributed by atoms with Gasteiger partial charge in [0.15, 0.2) is 0 Å². The number of carbonyl (C=O) groups is 1. The molecule has 0 heterocycles. The zero-order valence-corrected chi connectivity index (χ0v) is 9.09. The monoisotopic (exact) mass is 220 g/mol. The average molecular weight is 220 g/mol. The number of alkyl halides is 2. The van der Waals surface area contributed by atoms with Gasteiger partial charge in [-0.2, -0.15) is 0 Å². The lowest BCUT2D eigenvalue weighted by atomic mass is 9.83. The van der Waals surface area contributed by atoms with E-state index in [0.717, 1.165) is 0 Å². The second-order valence-corrected chi connectivity index (χ2v) is 4.62. The minimum absolute atomic E-state index is 0.0238. The van der Waals surface area contributed by atoms with Crippen LogP contribution in [-0.4, -0.2) is 23.9 Å². The lowest BCUT2D eigenvalue weighted by molar-refractivity contribution is -0.133. The fourth-order valence-corrected chi connectivity index (χ4v) is 1.96. The molecule has 0 aromatic heterocycles. The van der Waals surface area contributed by atoms with Crippen molar-refractivity contribution in [3.8, 4) is 0 Å². The van der Waals surface area contributed by atoms with E-state index in [-0.39, 0.29) is 24.8 Å². The molecule has 2 unspecified atom stereocenters. The Morgan fingerprint density at radius 3 is 2.53 bits per heavy atom. The Morgan fingerprint density at radius 2 is 2.07 bits per heavy atom. The zero-order chi connectivity index (χ0) is 11.6. The van der Waals surface area contributed by atoms with E-state index in [1.54, 1.807) is 13.8 Å². The molecule has 0 spiro atoms. The first-order valence-electron chi connectivity index (χ1n) is 5.24. The molecule has 0 aromatic carbocycles. The van der Waals surface area contributed by atoms with Gasteiger partial charge < -0.3 is 11.1 Å². The first kappa shape index (κ1) is 12.4. The van der Waals surface area contributed by atoms with Crippen molar-refractivity contribution in [2.75, 3.05) is 0 Å². The summed E-state index contributed by atoms with van der Waals surface area (Å²) in [6, 6.07) is -0.596. The predicted molar refractivity (Wildman–Crippen MR) is 53.5 cm³/mol. The van der Waals surface area contributed by atoms with Crippen molar-refractivity contribution in [1.29, 1.82) is 0 Å². The van der Waals surface area contributed by atoms with Crippen molar-refractivity contribution >= 4 is 5.91 Å². The molecule has 2 atom stereocenters. The minimum Gasteiger partial charge on any atom is -0.354 e. The van der Waals surface area contributed by atoms with Gasteiger partial charge >= 0.3 is 0 Å². The van der Waals surface area contributed by atoms with Gasteiger partial charge in [-0.1, -0.05) is 0 Å². The van der Waals surface area contributed by atoms with Crippen LogP contribution < -0.4 is 11.1 Å². The molecule has 0 bridgehead atoms. The van der Waals surface area contributed by atoms with Crippen LogP contribution in [0, 0.1) is 5.92 Å². The molecule has 5 heteroatoms. The molecular weight excluding hydrogens is 202 g/mol. The Morgan fingerprint density at radius 1 is 1.47 bits per heavy atom. The Bertz CT molecular complexity index is 244. The van der Waals surface area contributed by atoms with E-state index in [1.807, 2.05) is 0 Å². The van der Waals surface area contributed by atoms with Crippen LogP contribution in [0.15, 0.2) is 0 Å². The Balaban J connectivity index is 2.58. The highest BCUT2D eigenvalue weighted by Gasteiger charge is 2.42. The molecule has 15 heavy (non-hydrogen) atoms. The molecule has 88 valence electrons. The molecule has 1 rings (SSSR count). The number of rotatable bonds is 2. The summed E-state index contributed by atoms with van der Waals surface area (Å²) in [6.07, 6.45) is -0.328.